The minimum Gasteiger partial charge on any atom is -0.497 e. The highest BCUT2D eigenvalue weighted by atomic mass is 32.2. The summed E-state index contributed by atoms with van der Waals surface area (Å²) < 4.78 is 10.5. The maximum atomic E-state index is 5.36. The summed E-state index contributed by atoms with van der Waals surface area (Å²) in [6.07, 6.45) is 5.58. The summed E-state index contributed by atoms with van der Waals surface area (Å²) in [5.41, 5.74) is 1.27. The number of methoxy groups -OCH3 is 1. The quantitative estimate of drug-likeness (QED) is 0.387. The Balaban J connectivity index is 1.76. The first kappa shape index (κ1) is 19.2. The highest BCUT2D eigenvalue weighted by Crippen LogP contribution is 2.11. The zero-order valence-electron chi connectivity index (χ0n) is 15.0. The Morgan fingerprint density at radius 2 is 1.88 bits per heavy atom. The summed E-state index contributed by atoms with van der Waals surface area (Å²) in [7, 11) is 1.68. The fraction of sp³-hybridized carbons (Fsp3) is 0.421. The lowest BCUT2D eigenvalue weighted by Gasteiger charge is -2.12. The zero-order valence-corrected chi connectivity index (χ0v) is 15.8. The van der Waals surface area contributed by atoms with Gasteiger partial charge in [-0.1, -0.05) is 12.1 Å². The van der Waals surface area contributed by atoms with Gasteiger partial charge >= 0.3 is 0 Å². The van der Waals surface area contributed by atoms with Crippen LogP contribution in [0, 0.1) is 0 Å². The molecule has 0 amide bonds. The van der Waals surface area contributed by atoms with Crippen LogP contribution in [0.4, 0.5) is 0 Å². The number of rotatable bonds is 10. The lowest BCUT2D eigenvalue weighted by molar-refractivity contribution is 0.414. The van der Waals surface area contributed by atoms with Crippen molar-refractivity contribution in [3.63, 3.8) is 0 Å². The van der Waals surface area contributed by atoms with Crippen LogP contribution in [0.15, 0.2) is 52.1 Å². The van der Waals surface area contributed by atoms with Crippen molar-refractivity contribution in [2.24, 2.45) is 4.99 Å². The molecule has 1 heterocycles. The smallest absolute Gasteiger partial charge is 0.191 e. The molecule has 2 N–H and O–H groups in total. The summed E-state index contributed by atoms with van der Waals surface area (Å²) in [4.78, 5) is 4.61. The zero-order chi connectivity index (χ0) is 17.7. The standard InChI is InChI=1S/C19H27N3O2S/c1-23-17-7-5-16(6-8-17)9-11-20-19(22-13-15-25-2)21-12-10-18-4-3-14-24-18/h3-8,14H,9-13,15H2,1-2H3,(H2,20,21,22). The van der Waals surface area contributed by atoms with E-state index in [1.807, 2.05) is 24.3 Å². The van der Waals surface area contributed by atoms with Crippen LogP contribution >= 0.6 is 11.8 Å². The molecule has 1 aromatic carbocycles. The third kappa shape index (κ3) is 7.56. The summed E-state index contributed by atoms with van der Waals surface area (Å²) in [6, 6.07) is 12.1. The molecule has 0 radical (unpaired) electrons. The van der Waals surface area contributed by atoms with Crippen LogP contribution in [-0.4, -0.2) is 44.7 Å². The van der Waals surface area contributed by atoms with E-state index in [4.69, 9.17) is 9.15 Å². The van der Waals surface area contributed by atoms with Crippen LogP contribution < -0.4 is 15.4 Å². The highest BCUT2D eigenvalue weighted by Gasteiger charge is 2.01. The largest absolute Gasteiger partial charge is 0.497 e. The minimum atomic E-state index is 0.793. The van der Waals surface area contributed by atoms with Gasteiger partial charge in [0.15, 0.2) is 5.96 Å². The number of ether oxygens (including phenoxy) is 1. The van der Waals surface area contributed by atoms with E-state index < -0.39 is 0 Å². The van der Waals surface area contributed by atoms with Crippen molar-refractivity contribution in [2.75, 3.05) is 38.8 Å². The topological polar surface area (TPSA) is 58.8 Å². The van der Waals surface area contributed by atoms with Crippen molar-refractivity contribution in [3.8, 4) is 5.75 Å². The number of hydrogen-bond acceptors (Lipinski definition) is 4. The number of thioether (sulfide) groups is 1. The van der Waals surface area contributed by atoms with Crippen molar-refractivity contribution in [1.29, 1.82) is 0 Å². The highest BCUT2D eigenvalue weighted by molar-refractivity contribution is 7.98. The molecule has 2 aromatic rings. The number of aliphatic imine (C=N–C) groups is 1. The molecular formula is C19H27N3O2S. The lowest BCUT2D eigenvalue weighted by atomic mass is 10.1. The Hall–Kier alpha value is -2.08. The van der Waals surface area contributed by atoms with Crippen LogP contribution in [0.1, 0.15) is 11.3 Å². The monoisotopic (exact) mass is 361 g/mol. The number of guanidine groups is 1. The van der Waals surface area contributed by atoms with Gasteiger partial charge in [0.25, 0.3) is 0 Å². The molecule has 0 saturated carbocycles. The van der Waals surface area contributed by atoms with Gasteiger partial charge in [-0.25, -0.2) is 0 Å². The van der Waals surface area contributed by atoms with Crippen LogP contribution in [0.2, 0.25) is 0 Å². The van der Waals surface area contributed by atoms with Crippen molar-refractivity contribution in [2.45, 2.75) is 12.8 Å². The molecular weight excluding hydrogens is 334 g/mol. The van der Waals surface area contributed by atoms with Gasteiger partial charge in [-0.3, -0.25) is 4.99 Å². The molecule has 0 aliphatic heterocycles. The Labute approximate surface area is 154 Å². The van der Waals surface area contributed by atoms with Gasteiger partial charge in [0.1, 0.15) is 11.5 Å². The van der Waals surface area contributed by atoms with Gasteiger partial charge in [0.05, 0.1) is 19.9 Å². The van der Waals surface area contributed by atoms with Crippen LogP contribution in [0.25, 0.3) is 0 Å². The predicted molar refractivity (Wildman–Crippen MR) is 106 cm³/mol. The molecule has 0 spiro atoms. The molecule has 6 heteroatoms. The second-order valence-electron chi connectivity index (χ2n) is 5.50. The number of nitrogens with zero attached hydrogens (tertiary/aromatic N) is 1. The Kier molecular flexibility index (Phi) is 8.83. The number of nitrogens with one attached hydrogen (secondary N) is 2. The number of hydrogen-bond donors (Lipinski definition) is 2. The summed E-state index contributed by atoms with van der Waals surface area (Å²) in [6.45, 7) is 2.43. The number of benzene rings is 1. The molecule has 5 nitrogen and oxygen atoms in total. The first-order valence-corrected chi connectivity index (χ1v) is 9.87. The van der Waals surface area contributed by atoms with Crippen LogP contribution in [0.5, 0.6) is 5.75 Å². The van der Waals surface area contributed by atoms with Gasteiger partial charge < -0.3 is 19.8 Å². The van der Waals surface area contributed by atoms with Crippen LogP contribution in [0.3, 0.4) is 0 Å². The molecule has 0 atom stereocenters. The SMILES string of the molecule is COc1ccc(CCNC(=NCCSC)NCCc2ccco2)cc1. The van der Waals surface area contributed by atoms with E-state index in [0.717, 1.165) is 55.7 Å². The fourth-order valence-corrected chi connectivity index (χ4v) is 2.57. The molecule has 0 saturated heterocycles. The maximum absolute atomic E-state index is 5.36. The lowest BCUT2D eigenvalue weighted by Crippen LogP contribution is -2.39. The Morgan fingerprint density at radius 3 is 2.52 bits per heavy atom. The van der Waals surface area contributed by atoms with E-state index in [9.17, 15) is 0 Å². The predicted octanol–water partition coefficient (Wildman–Crippen LogP) is 2.97. The molecule has 0 unspecified atom stereocenters. The minimum absolute atomic E-state index is 0.793. The molecule has 136 valence electrons. The molecule has 0 aliphatic rings. The molecule has 0 fully saturated rings. The average molecular weight is 362 g/mol. The van der Waals surface area contributed by atoms with Gasteiger partial charge in [-0.15, -0.1) is 0 Å². The Morgan fingerprint density at radius 1 is 1.12 bits per heavy atom. The normalized spacial score (nSPS) is 11.4. The average Bonchev–Trinajstić information content (AvgIpc) is 3.15. The second kappa shape index (κ2) is 11.5. The van der Waals surface area contributed by atoms with E-state index in [2.05, 4.69) is 34.0 Å². The molecule has 1 aromatic heterocycles. The van der Waals surface area contributed by atoms with Crippen molar-refractivity contribution in [3.05, 3.63) is 54.0 Å². The maximum Gasteiger partial charge on any atom is 0.191 e. The van der Waals surface area contributed by atoms with E-state index >= 15 is 0 Å². The molecule has 0 aliphatic carbocycles. The summed E-state index contributed by atoms with van der Waals surface area (Å²) >= 11 is 1.80. The van der Waals surface area contributed by atoms with Crippen LogP contribution in [-0.2, 0) is 12.8 Å². The molecule has 0 bridgehead atoms. The van der Waals surface area contributed by atoms with E-state index in [0.29, 0.717) is 0 Å². The van der Waals surface area contributed by atoms with Gasteiger partial charge in [0, 0.05) is 25.3 Å². The van der Waals surface area contributed by atoms with E-state index in [1.54, 1.807) is 25.1 Å². The van der Waals surface area contributed by atoms with Crippen molar-refractivity contribution < 1.29 is 9.15 Å². The summed E-state index contributed by atoms with van der Waals surface area (Å²) in [5, 5.41) is 6.77. The first-order chi connectivity index (χ1) is 12.3. The van der Waals surface area contributed by atoms with Gasteiger partial charge in [0.2, 0.25) is 0 Å². The van der Waals surface area contributed by atoms with Gasteiger partial charge in [-0.2, -0.15) is 11.8 Å². The van der Waals surface area contributed by atoms with E-state index in [-0.39, 0.29) is 0 Å². The summed E-state index contributed by atoms with van der Waals surface area (Å²) in [5.74, 6) is 3.74. The van der Waals surface area contributed by atoms with Crippen molar-refractivity contribution >= 4 is 17.7 Å². The molecule has 25 heavy (non-hydrogen) atoms. The van der Waals surface area contributed by atoms with E-state index in [1.165, 1.54) is 5.56 Å². The Bertz CT molecular complexity index is 612. The number of furan rings is 1. The second-order valence-corrected chi connectivity index (χ2v) is 6.49. The third-order valence-corrected chi connectivity index (χ3v) is 4.27. The van der Waals surface area contributed by atoms with Gasteiger partial charge in [-0.05, 0) is 42.5 Å². The fourth-order valence-electron chi connectivity index (χ4n) is 2.30. The van der Waals surface area contributed by atoms with Crippen molar-refractivity contribution in [1.82, 2.24) is 10.6 Å². The first-order valence-electron chi connectivity index (χ1n) is 8.48. The molecule has 2 rings (SSSR count). The third-order valence-electron chi connectivity index (χ3n) is 3.67.